The van der Waals surface area contributed by atoms with E-state index in [1.807, 2.05) is 0 Å². The van der Waals surface area contributed by atoms with Crippen molar-refractivity contribution in [3.63, 3.8) is 0 Å². The number of hydrogen-bond acceptors (Lipinski definition) is 4. The average Bonchev–Trinajstić information content (AvgIpc) is 2.52. The van der Waals surface area contributed by atoms with Crippen LogP contribution in [0.1, 0.15) is 10.4 Å². The molecule has 1 atom stereocenters. The Bertz CT molecular complexity index is 913. The molecule has 0 aliphatic heterocycles. The Morgan fingerprint density at radius 1 is 1.04 bits per heavy atom. The molecule has 0 spiro atoms. The maximum atomic E-state index is 13.4. The van der Waals surface area contributed by atoms with Crippen LogP contribution in [-0.2, 0) is 14.9 Å². The minimum Gasteiger partial charge on any atom is -0.420 e. The average molecular weight is 384 g/mol. The molecular weight excluding hydrogens is 375 g/mol. The predicted molar refractivity (Wildman–Crippen MR) is 75.7 cm³/mol. The zero-order chi connectivity index (χ0) is 19.0. The van der Waals surface area contributed by atoms with Gasteiger partial charge in [-0.15, -0.1) is 0 Å². The van der Waals surface area contributed by atoms with Crippen molar-refractivity contribution < 1.29 is 44.5 Å². The minimum atomic E-state index is -6.65. The fraction of sp³-hybridized carbons (Fsp3) is 0.214. The predicted octanol–water partition coefficient (Wildman–Crippen LogP) is 3.41. The van der Waals surface area contributed by atoms with Gasteiger partial charge in [-0.2, -0.15) is 30.4 Å². The lowest BCUT2D eigenvalue weighted by molar-refractivity contribution is -0.249. The van der Waals surface area contributed by atoms with Crippen LogP contribution in [0.15, 0.2) is 42.5 Å². The van der Waals surface area contributed by atoms with Gasteiger partial charge in [-0.05, 0) is 22.9 Å². The van der Waals surface area contributed by atoms with Crippen molar-refractivity contribution in [1.82, 2.24) is 0 Å². The summed E-state index contributed by atoms with van der Waals surface area (Å²) >= 11 is 0. The lowest BCUT2D eigenvalue weighted by Crippen LogP contribution is -2.53. The zero-order valence-electron chi connectivity index (χ0n) is 12.0. The van der Waals surface area contributed by atoms with Crippen LogP contribution < -0.4 is 0 Å². The number of ether oxygens (including phenoxy) is 1. The summed E-state index contributed by atoms with van der Waals surface area (Å²) in [6.45, 7) is 0. The zero-order valence-corrected chi connectivity index (χ0v) is 12.8. The topological polar surface area (TPSA) is 80.7 Å². The molecule has 0 bridgehead atoms. The molecule has 2 rings (SSSR count). The van der Waals surface area contributed by atoms with Gasteiger partial charge in [0, 0.05) is 0 Å². The quantitative estimate of drug-likeness (QED) is 0.486. The first-order valence-electron chi connectivity index (χ1n) is 6.44. The molecule has 2 aromatic rings. The number of esters is 1. The van der Waals surface area contributed by atoms with Crippen LogP contribution in [0.4, 0.5) is 22.0 Å². The molecule has 25 heavy (non-hydrogen) atoms. The van der Waals surface area contributed by atoms with Gasteiger partial charge < -0.3 is 4.74 Å². The number of carbonyl (C=O) groups excluding carboxylic acids is 1. The van der Waals surface area contributed by atoms with Gasteiger partial charge in [-0.1, -0.05) is 30.3 Å². The van der Waals surface area contributed by atoms with Crippen molar-refractivity contribution in [3.05, 3.63) is 48.0 Å². The molecule has 0 aliphatic carbocycles. The van der Waals surface area contributed by atoms with Crippen molar-refractivity contribution in [1.29, 1.82) is 0 Å². The third-order valence-electron chi connectivity index (χ3n) is 3.19. The van der Waals surface area contributed by atoms with Crippen LogP contribution in [0.25, 0.3) is 10.8 Å². The first-order chi connectivity index (χ1) is 11.4. The largest absolute Gasteiger partial charge is 0.438 e. The monoisotopic (exact) mass is 384 g/mol. The van der Waals surface area contributed by atoms with E-state index in [9.17, 15) is 35.2 Å². The van der Waals surface area contributed by atoms with Gasteiger partial charge in [-0.3, -0.25) is 4.55 Å². The van der Waals surface area contributed by atoms with Crippen LogP contribution in [0, 0.1) is 0 Å². The molecule has 11 heteroatoms. The summed E-state index contributed by atoms with van der Waals surface area (Å²) in [7, 11) is -6.65. The Labute approximate surface area is 137 Å². The standard InChI is InChI=1S/C14H9F5O5S/c15-12(13(16,17)14(18,19)25(21,22)23)24-11(20)10-6-5-8-3-1-2-4-9(8)7-10/h1-7,12H,(H,21,22,23). The lowest BCUT2D eigenvalue weighted by Gasteiger charge is -2.26. The third kappa shape index (κ3) is 3.42. The highest BCUT2D eigenvalue weighted by Gasteiger charge is 2.71. The van der Waals surface area contributed by atoms with Crippen molar-refractivity contribution in [2.75, 3.05) is 0 Å². The minimum absolute atomic E-state index is 0.424. The van der Waals surface area contributed by atoms with Crippen LogP contribution >= 0.6 is 0 Å². The molecule has 1 unspecified atom stereocenters. The fourth-order valence-corrected chi connectivity index (χ4v) is 2.29. The Morgan fingerprint density at radius 2 is 1.60 bits per heavy atom. The van der Waals surface area contributed by atoms with E-state index < -0.39 is 39.2 Å². The molecule has 2 aromatic carbocycles. The molecule has 0 heterocycles. The molecule has 0 amide bonds. The van der Waals surface area contributed by atoms with E-state index in [1.165, 1.54) is 6.07 Å². The molecule has 0 aliphatic rings. The van der Waals surface area contributed by atoms with Gasteiger partial charge in [0.1, 0.15) is 0 Å². The van der Waals surface area contributed by atoms with Gasteiger partial charge in [0.25, 0.3) is 0 Å². The van der Waals surface area contributed by atoms with E-state index in [2.05, 4.69) is 4.74 Å². The summed E-state index contributed by atoms with van der Waals surface area (Å²) in [5.74, 6) is -7.73. The van der Waals surface area contributed by atoms with E-state index in [1.54, 1.807) is 24.3 Å². The molecule has 0 saturated heterocycles. The highest BCUT2D eigenvalue weighted by atomic mass is 32.2. The number of hydrogen-bond donors (Lipinski definition) is 1. The number of halogens is 5. The number of rotatable bonds is 5. The highest BCUT2D eigenvalue weighted by Crippen LogP contribution is 2.42. The van der Waals surface area contributed by atoms with Crippen molar-refractivity contribution in [3.8, 4) is 0 Å². The second-order valence-electron chi connectivity index (χ2n) is 4.90. The SMILES string of the molecule is O=C(OC(F)C(F)(F)C(F)(F)S(=O)(=O)O)c1ccc2ccccc2c1. The van der Waals surface area contributed by atoms with Crippen LogP contribution in [0.5, 0.6) is 0 Å². The van der Waals surface area contributed by atoms with Crippen LogP contribution in [0.2, 0.25) is 0 Å². The number of benzene rings is 2. The van der Waals surface area contributed by atoms with Gasteiger partial charge in [0.2, 0.25) is 0 Å². The van der Waals surface area contributed by atoms with Crippen LogP contribution in [0.3, 0.4) is 0 Å². The summed E-state index contributed by atoms with van der Waals surface area (Å²) in [6, 6.07) is 10.1. The van der Waals surface area contributed by atoms with E-state index in [4.69, 9.17) is 4.55 Å². The van der Waals surface area contributed by atoms with Gasteiger partial charge in [0.05, 0.1) is 5.56 Å². The Morgan fingerprint density at radius 3 is 2.16 bits per heavy atom. The lowest BCUT2D eigenvalue weighted by atomic mass is 10.1. The highest BCUT2D eigenvalue weighted by molar-refractivity contribution is 7.87. The van der Waals surface area contributed by atoms with Gasteiger partial charge in [-0.25, -0.2) is 4.79 Å². The molecule has 5 nitrogen and oxygen atoms in total. The Hall–Kier alpha value is -2.27. The second kappa shape index (κ2) is 6.23. The molecule has 136 valence electrons. The van der Waals surface area contributed by atoms with E-state index in [0.717, 1.165) is 12.1 Å². The number of alkyl halides is 5. The number of fused-ring (bicyclic) bond motifs is 1. The molecule has 0 radical (unpaired) electrons. The molecular formula is C14H9F5O5S. The summed E-state index contributed by atoms with van der Waals surface area (Å²) in [5.41, 5.74) is -0.424. The van der Waals surface area contributed by atoms with Gasteiger partial charge in [0.15, 0.2) is 0 Å². The Balaban J connectivity index is 2.26. The van der Waals surface area contributed by atoms with Crippen LogP contribution in [-0.4, -0.2) is 36.5 Å². The molecule has 0 fully saturated rings. The maximum absolute atomic E-state index is 13.4. The Kier molecular flexibility index (Phi) is 4.75. The molecule has 0 saturated carbocycles. The smallest absolute Gasteiger partial charge is 0.420 e. The number of carbonyl (C=O) groups is 1. The first-order valence-corrected chi connectivity index (χ1v) is 7.88. The van der Waals surface area contributed by atoms with E-state index >= 15 is 0 Å². The third-order valence-corrected chi connectivity index (χ3v) is 4.11. The summed E-state index contributed by atoms with van der Waals surface area (Å²) in [6.07, 6.45) is -4.32. The molecule has 1 N–H and O–H groups in total. The second-order valence-corrected chi connectivity index (χ2v) is 6.36. The van der Waals surface area contributed by atoms with E-state index in [0.29, 0.717) is 10.8 Å². The van der Waals surface area contributed by atoms with Crippen molar-refractivity contribution >= 4 is 26.9 Å². The summed E-state index contributed by atoms with van der Waals surface area (Å²) in [5, 5.41) is -5.08. The van der Waals surface area contributed by atoms with Gasteiger partial charge >= 0.3 is 33.6 Å². The fourth-order valence-electron chi connectivity index (χ4n) is 1.86. The normalized spacial score (nSPS) is 14.3. The summed E-state index contributed by atoms with van der Waals surface area (Å²) < 4.78 is 98.4. The van der Waals surface area contributed by atoms with Crippen molar-refractivity contribution in [2.45, 2.75) is 17.5 Å². The van der Waals surface area contributed by atoms with Crippen molar-refractivity contribution in [2.24, 2.45) is 0 Å². The first kappa shape index (κ1) is 19.1. The molecule has 0 aromatic heterocycles. The van der Waals surface area contributed by atoms with E-state index in [-0.39, 0.29) is 0 Å². The maximum Gasteiger partial charge on any atom is 0.438 e. The summed E-state index contributed by atoms with van der Waals surface area (Å²) in [4.78, 5) is 11.7.